The van der Waals surface area contributed by atoms with Gasteiger partial charge in [0, 0.05) is 69.7 Å². The fraction of sp³-hybridized carbons (Fsp3) is 0.524. The van der Waals surface area contributed by atoms with E-state index in [0.29, 0.717) is 25.5 Å². The molecule has 29 heavy (non-hydrogen) atoms. The number of hydrogen-bond acceptors (Lipinski definition) is 6. The van der Waals surface area contributed by atoms with E-state index in [1.54, 1.807) is 7.11 Å². The van der Waals surface area contributed by atoms with Crippen molar-refractivity contribution in [1.82, 2.24) is 20.0 Å². The van der Waals surface area contributed by atoms with Crippen LogP contribution in [0.25, 0.3) is 0 Å². The van der Waals surface area contributed by atoms with Crippen molar-refractivity contribution in [1.29, 1.82) is 0 Å². The van der Waals surface area contributed by atoms with Gasteiger partial charge in [-0.1, -0.05) is 0 Å². The molecule has 1 aromatic carbocycles. The lowest BCUT2D eigenvalue weighted by atomic mass is 10.1. The number of aryl methyl sites for hydroxylation is 1. The van der Waals surface area contributed by atoms with E-state index in [9.17, 15) is 4.79 Å². The molecule has 0 radical (unpaired) electrons. The highest BCUT2D eigenvalue weighted by Crippen LogP contribution is 2.21. The number of piperazine rings is 1. The van der Waals surface area contributed by atoms with Crippen LogP contribution < -0.4 is 15.0 Å². The van der Waals surface area contributed by atoms with Gasteiger partial charge in [0.25, 0.3) is 5.91 Å². The quantitative estimate of drug-likeness (QED) is 0.783. The number of nitrogens with one attached hydrogen (secondary N) is 1. The molecular weight excluding hydrogens is 370 g/mol. The van der Waals surface area contributed by atoms with Crippen LogP contribution >= 0.6 is 0 Å². The summed E-state index contributed by atoms with van der Waals surface area (Å²) in [5, 5.41) is 7.43. The topological polar surface area (TPSA) is 71.9 Å². The normalized spacial score (nSPS) is 17.1. The summed E-state index contributed by atoms with van der Waals surface area (Å²) >= 11 is 0. The van der Waals surface area contributed by atoms with Crippen LogP contribution in [0, 0.1) is 0 Å². The maximum atomic E-state index is 12.6. The minimum atomic E-state index is -0.107. The average Bonchev–Trinajstić information content (AvgIpc) is 3.11. The highest BCUT2D eigenvalue weighted by Gasteiger charge is 2.24. The maximum absolute atomic E-state index is 12.6. The zero-order chi connectivity index (χ0) is 20.2. The SMILES string of the molecule is COc1ccc(N2CCN(CCNC(=O)c3nn(C)c4c3COCC4)CC2)cc1. The summed E-state index contributed by atoms with van der Waals surface area (Å²) in [6.45, 7) is 6.54. The molecule has 1 N–H and O–H groups in total. The lowest BCUT2D eigenvalue weighted by Gasteiger charge is -2.36. The third kappa shape index (κ3) is 4.38. The molecule has 2 aliphatic rings. The predicted molar refractivity (Wildman–Crippen MR) is 111 cm³/mol. The third-order valence-corrected chi connectivity index (χ3v) is 5.74. The monoisotopic (exact) mass is 399 g/mol. The first-order valence-electron chi connectivity index (χ1n) is 10.2. The Bertz CT molecular complexity index is 841. The molecule has 4 rings (SSSR count). The van der Waals surface area contributed by atoms with E-state index in [0.717, 1.165) is 56.2 Å². The van der Waals surface area contributed by atoms with E-state index in [1.807, 2.05) is 23.9 Å². The molecule has 0 bridgehead atoms. The Morgan fingerprint density at radius 2 is 1.97 bits per heavy atom. The van der Waals surface area contributed by atoms with Gasteiger partial charge >= 0.3 is 0 Å². The Morgan fingerprint density at radius 3 is 2.69 bits per heavy atom. The number of carbonyl (C=O) groups is 1. The van der Waals surface area contributed by atoms with E-state index < -0.39 is 0 Å². The molecule has 156 valence electrons. The molecule has 2 aromatic rings. The zero-order valence-electron chi connectivity index (χ0n) is 17.2. The minimum absolute atomic E-state index is 0.107. The molecule has 0 aliphatic carbocycles. The number of aromatic nitrogens is 2. The number of anilines is 1. The number of amides is 1. The molecule has 0 saturated carbocycles. The number of fused-ring (bicyclic) bond motifs is 1. The summed E-state index contributed by atoms with van der Waals surface area (Å²) < 4.78 is 12.5. The molecule has 8 heteroatoms. The van der Waals surface area contributed by atoms with Crippen molar-refractivity contribution >= 4 is 11.6 Å². The van der Waals surface area contributed by atoms with Crippen LogP contribution in [0.4, 0.5) is 5.69 Å². The molecule has 3 heterocycles. The van der Waals surface area contributed by atoms with Crippen LogP contribution in [-0.2, 0) is 24.8 Å². The van der Waals surface area contributed by atoms with Crippen molar-refractivity contribution in [3.8, 4) is 5.75 Å². The Balaban J connectivity index is 1.23. The van der Waals surface area contributed by atoms with Crippen molar-refractivity contribution in [2.75, 3.05) is 57.9 Å². The molecule has 2 aliphatic heterocycles. The Hall–Kier alpha value is -2.58. The molecule has 0 spiro atoms. The first-order chi connectivity index (χ1) is 14.2. The minimum Gasteiger partial charge on any atom is -0.497 e. The molecule has 1 fully saturated rings. The third-order valence-electron chi connectivity index (χ3n) is 5.74. The van der Waals surface area contributed by atoms with Gasteiger partial charge in [-0.2, -0.15) is 5.10 Å². The summed E-state index contributed by atoms with van der Waals surface area (Å²) in [7, 11) is 3.58. The number of methoxy groups -OCH3 is 1. The Morgan fingerprint density at radius 1 is 1.21 bits per heavy atom. The average molecular weight is 399 g/mol. The van der Waals surface area contributed by atoms with Crippen molar-refractivity contribution < 1.29 is 14.3 Å². The summed E-state index contributed by atoms with van der Waals surface area (Å²) in [6.07, 6.45) is 0.810. The number of nitrogens with zero attached hydrogens (tertiary/aromatic N) is 4. The number of rotatable bonds is 6. The van der Waals surface area contributed by atoms with Crippen LogP contribution in [0.5, 0.6) is 5.75 Å². The number of hydrogen-bond donors (Lipinski definition) is 1. The van der Waals surface area contributed by atoms with Crippen molar-refractivity contribution in [3.63, 3.8) is 0 Å². The van der Waals surface area contributed by atoms with Gasteiger partial charge in [0.05, 0.1) is 20.3 Å². The van der Waals surface area contributed by atoms with Crippen LogP contribution in [0.2, 0.25) is 0 Å². The lowest BCUT2D eigenvalue weighted by Crippen LogP contribution is -2.48. The second-order valence-electron chi connectivity index (χ2n) is 7.48. The summed E-state index contributed by atoms with van der Waals surface area (Å²) in [4.78, 5) is 17.4. The molecule has 1 aromatic heterocycles. The molecule has 1 saturated heterocycles. The number of carbonyl (C=O) groups excluding carboxylic acids is 1. The second-order valence-corrected chi connectivity index (χ2v) is 7.48. The number of benzene rings is 1. The van der Waals surface area contributed by atoms with E-state index in [2.05, 4.69) is 32.3 Å². The van der Waals surface area contributed by atoms with Crippen LogP contribution in [0.15, 0.2) is 24.3 Å². The van der Waals surface area contributed by atoms with E-state index in [1.165, 1.54) is 5.69 Å². The zero-order valence-corrected chi connectivity index (χ0v) is 17.2. The van der Waals surface area contributed by atoms with Gasteiger partial charge in [-0.15, -0.1) is 0 Å². The highest BCUT2D eigenvalue weighted by atomic mass is 16.5. The van der Waals surface area contributed by atoms with Crippen LogP contribution in [0.1, 0.15) is 21.7 Å². The smallest absolute Gasteiger partial charge is 0.272 e. The largest absolute Gasteiger partial charge is 0.497 e. The van der Waals surface area contributed by atoms with Crippen molar-refractivity contribution in [2.45, 2.75) is 13.0 Å². The molecular formula is C21H29N5O3. The first-order valence-corrected chi connectivity index (χ1v) is 10.2. The van der Waals surface area contributed by atoms with Crippen molar-refractivity contribution in [3.05, 3.63) is 41.2 Å². The molecule has 1 amide bonds. The van der Waals surface area contributed by atoms with Gasteiger partial charge in [-0.05, 0) is 24.3 Å². The number of ether oxygens (including phenoxy) is 2. The van der Waals surface area contributed by atoms with Gasteiger partial charge < -0.3 is 19.7 Å². The van der Waals surface area contributed by atoms with E-state index >= 15 is 0 Å². The van der Waals surface area contributed by atoms with Crippen LogP contribution in [0.3, 0.4) is 0 Å². The van der Waals surface area contributed by atoms with Crippen LogP contribution in [-0.4, -0.2) is 73.6 Å². The molecule has 8 nitrogen and oxygen atoms in total. The second kappa shape index (κ2) is 8.84. The van der Waals surface area contributed by atoms with Gasteiger partial charge in [0.2, 0.25) is 0 Å². The van der Waals surface area contributed by atoms with Gasteiger partial charge in [0.1, 0.15) is 5.75 Å². The molecule has 0 unspecified atom stereocenters. The highest BCUT2D eigenvalue weighted by molar-refractivity contribution is 5.94. The fourth-order valence-corrected chi connectivity index (χ4v) is 4.03. The Kier molecular flexibility index (Phi) is 6.01. The first kappa shape index (κ1) is 19.7. The van der Waals surface area contributed by atoms with Gasteiger partial charge in [-0.3, -0.25) is 14.4 Å². The lowest BCUT2D eigenvalue weighted by molar-refractivity contribution is 0.0920. The van der Waals surface area contributed by atoms with E-state index in [-0.39, 0.29) is 5.91 Å². The Labute approximate surface area is 171 Å². The summed E-state index contributed by atoms with van der Waals surface area (Å²) in [6, 6.07) is 8.20. The predicted octanol–water partition coefficient (Wildman–Crippen LogP) is 1.05. The fourth-order valence-electron chi connectivity index (χ4n) is 4.03. The summed E-state index contributed by atoms with van der Waals surface area (Å²) in [5.41, 5.74) is 3.77. The van der Waals surface area contributed by atoms with Crippen molar-refractivity contribution in [2.24, 2.45) is 7.05 Å². The standard InChI is InChI=1S/C21H29N5O3/c1-24-19-7-14-29-15-18(19)20(23-24)21(27)22-8-9-25-10-12-26(13-11-25)16-3-5-17(28-2)6-4-16/h3-6H,7-15H2,1-2H3,(H,22,27). The summed E-state index contributed by atoms with van der Waals surface area (Å²) in [5.74, 6) is 0.771. The maximum Gasteiger partial charge on any atom is 0.272 e. The van der Waals surface area contributed by atoms with Gasteiger partial charge in [-0.25, -0.2) is 0 Å². The van der Waals surface area contributed by atoms with E-state index in [4.69, 9.17) is 9.47 Å². The van der Waals surface area contributed by atoms with Gasteiger partial charge in [0.15, 0.2) is 5.69 Å². The molecule has 0 atom stereocenters.